The van der Waals surface area contributed by atoms with Gasteiger partial charge in [0.05, 0.1) is 13.2 Å². The van der Waals surface area contributed by atoms with Crippen LogP contribution in [0.25, 0.3) is 0 Å². The zero-order valence-electron chi connectivity index (χ0n) is 13.2. The molecule has 2 aromatic heterocycles. The molecule has 0 spiro atoms. The van der Waals surface area contributed by atoms with E-state index in [1.165, 1.54) is 6.33 Å². The molecule has 0 radical (unpaired) electrons. The number of nitrogens with zero attached hydrogens (tertiary/aromatic N) is 6. The molecule has 9 nitrogen and oxygen atoms in total. The molecule has 9 heteroatoms. The summed E-state index contributed by atoms with van der Waals surface area (Å²) in [5.74, 6) is 1.59. The number of carbonyl (C=O) groups excluding carboxylic acids is 1. The SMILES string of the molecule is CCc1nc(C2CN(C(=O)CCCn3cncn3)CCO2)n[nH]1. The van der Waals surface area contributed by atoms with E-state index in [2.05, 4.69) is 25.3 Å². The normalized spacial score (nSPS) is 18.3. The first kappa shape index (κ1) is 15.6. The molecular weight excluding hydrogens is 298 g/mol. The van der Waals surface area contributed by atoms with Crippen molar-refractivity contribution in [2.45, 2.75) is 38.8 Å². The van der Waals surface area contributed by atoms with Crippen LogP contribution in [-0.4, -0.2) is 60.4 Å². The van der Waals surface area contributed by atoms with Gasteiger partial charge in [0, 0.05) is 25.9 Å². The standard InChI is InChI=1S/C14H21N7O2/c1-2-12-17-14(19-18-12)11-8-20(6-7-23-11)13(22)4-3-5-21-10-15-9-16-21/h9-11H,2-8H2,1H3,(H,17,18,19). The minimum Gasteiger partial charge on any atom is -0.366 e. The van der Waals surface area contributed by atoms with E-state index in [0.717, 1.165) is 18.7 Å². The van der Waals surface area contributed by atoms with Crippen molar-refractivity contribution in [2.75, 3.05) is 19.7 Å². The predicted octanol–water partition coefficient (Wildman–Crippen LogP) is 0.339. The molecule has 124 valence electrons. The number of amides is 1. The Kier molecular flexibility index (Phi) is 4.96. The number of hydrogen-bond acceptors (Lipinski definition) is 6. The Balaban J connectivity index is 1.50. The van der Waals surface area contributed by atoms with E-state index >= 15 is 0 Å². The second kappa shape index (κ2) is 7.32. The predicted molar refractivity (Wildman–Crippen MR) is 80.3 cm³/mol. The van der Waals surface area contributed by atoms with Crippen molar-refractivity contribution in [3.8, 4) is 0 Å². The summed E-state index contributed by atoms with van der Waals surface area (Å²) < 4.78 is 7.44. The smallest absolute Gasteiger partial charge is 0.222 e. The van der Waals surface area contributed by atoms with Gasteiger partial charge in [0.15, 0.2) is 5.82 Å². The largest absolute Gasteiger partial charge is 0.366 e. The summed E-state index contributed by atoms with van der Waals surface area (Å²) in [5, 5.41) is 11.1. The molecule has 1 N–H and O–H groups in total. The molecule has 1 fully saturated rings. The Morgan fingerprint density at radius 2 is 2.43 bits per heavy atom. The minimum atomic E-state index is -0.250. The van der Waals surface area contributed by atoms with Crippen molar-refractivity contribution >= 4 is 5.91 Å². The third-order valence-corrected chi connectivity index (χ3v) is 3.84. The van der Waals surface area contributed by atoms with Gasteiger partial charge in [-0.25, -0.2) is 9.97 Å². The van der Waals surface area contributed by atoms with Crippen LogP contribution < -0.4 is 0 Å². The lowest BCUT2D eigenvalue weighted by Crippen LogP contribution is -2.42. The lowest BCUT2D eigenvalue weighted by molar-refractivity contribution is -0.139. The Morgan fingerprint density at radius 1 is 1.52 bits per heavy atom. The molecule has 1 aliphatic heterocycles. The average Bonchev–Trinajstić information content (AvgIpc) is 3.26. The van der Waals surface area contributed by atoms with Crippen LogP contribution in [0.4, 0.5) is 0 Å². The van der Waals surface area contributed by atoms with E-state index in [-0.39, 0.29) is 12.0 Å². The lowest BCUT2D eigenvalue weighted by atomic mass is 10.2. The lowest BCUT2D eigenvalue weighted by Gasteiger charge is -2.31. The van der Waals surface area contributed by atoms with Crippen LogP contribution in [0.3, 0.4) is 0 Å². The van der Waals surface area contributed by atoms with Gasteiger partial charge in [-0.1, -0.05) is 6.92 Å². The molecular formula is C14H21N7O2. The second-order valence-corrected chi connectivity index (χ2v) is 5.46. The molecule has 1 amide bonds. The summed E-state index contributed by atoms with van der Waals surface area (Å²) in [4.78, 5) is 22.5. The molecule has 1 unspecified atom stereocenters. The number of nitrogens with one attached hydrogen (secondary N) is 1. The molecule has 2 aromatic rings. The molecule has 0 aromatic carbocycles. The highest BCUT2D eigenvalue weighted by atomic mass is 16.5. The van der Waals surface area contributed by atoms with Crippen molar-refractivity contribution in [1.29, 1.82) is 0 Å². The number of hydrogen-bond donors (Lipinski definition) is 1. The van der Waals surface area contributed by atoms with Gasteiger partial charge in [-0.15, -0.1) is 0 Å². The maximum atomic E-state index is 12.3. The van der Waals surface area contributed by atoms with Crippen LogP contribution >= 0.6 is 0 Å². The van der Waals surface area contributed by atoms with Gasteiger partial charge in [-0.3, -0.25) is 14.6 Å². The van der Waals surface area contributed by atoms with E-state index < -0.39 is 0 Å². The molecule has 3 heterocycles. The van der Waals surface area contributed by atoms with Crippen molar-refractivity contribution in [3.63, 3.8) is 0 Å². The number of carbonyl (C=O) groups is 1. The Hall–Kier alpha value is -2.29. The number of H-pyrrole nitrogens is 1. The number of ether oxygens (including phenoxy) is 1. The first-order chi connectivity index (χ1) is 11.3. The highest BCUT2D eigenvalue weighted by Gasteiger charge is 2.27. The minimum absolute atomic E-state index is 0.129. The Bertz CT molecular complexity index is 625. The monoisotopic (exact) mass is 319 g/mol. The highest BCUT2D eigenvalue weighted by Crippen LogP contribution is 2.20. The maximum absolute atomic E-state index is 12.3. The number of aryl methyl sites for hydroxylation is 2. The first-order valence-corrected chi connectivity index (χ1v) is 7.89. The summed E-state index contributed by atoms with van der Waals surface area (Å²) in [5.41, 5.74) is 0. The van der Waals surface area contributed by atoms with E-state index in [0.29, 0.717) is 38.5 Å². The van der Waals surface area contributed by atoms with Gasteiger partial charge in [-0.05, 0) is 6.42 Å². The van der Waals surface area contributed by atoms with Gasteiger partial charge in [0.1, 0.15) is 24.6 Å². The van der Waals surface area contributed by atoms with Crippen LogP contribution in [0, 0.1) is 0 Å². The zero-order chi connectivity index (χ0) is 16.1. The molecule has 0 aliphatic carbocycles. The van der Waals surface area contributed by atoms with Gasteiger partial charge < -0.3 is 9.64 Å². The van der Waals surface area contributed by atoms with E-state index in [4.69, 9.17) is 4.74 Å². The number of aromatic nitrogens is 6. The first-order valence-electron chi connectivity index (χ1n) is 7.89. The molecule has 1 saturated heterocycles. The quantitative estimate of drug-likeness (QED) is 0.824. The number of rotatable bonds is 6. The maximum Gasteiger partial charge on any atom is 0.222 e. The molecule has 1 atom stereocenters. The van der Waals surface area contributed by atoms with Gasteiger partial charge in [0.25, 0.3) is 0 Å². The average molecular weight is 319 g/mol. The third kappa shape index (κ3) is 3.92. The summed E-state index contributed by atoms with van der Waals surface area (Å²) in [6.07, 6.45) is 4.93. The summed E-state index contributed by atoms with van der Waals surface area (Å²) >= 11 is 0. The molecule has 0 saturated carbocycles. The van der Waals surface area contributed by atoms with Crippen LogP contribution in [0.2, 0.25) is 0 Å². The highest BCUT2D eigenvalue weighted by molar-refractivity contribution is 5.76. The molecule has 0 bridgehead atoms. The third-order valence-electron chi connectivity index (χ3n) is 3.84. The Morgan fingerprint density at radius 3 is 3.17 bits per heavy atom. The Labute approximate surface area is 134 Å². The topological polar surface area (TPSA) is 102 Å². The number of aromatic amines is 1. The van der Waals surface area contributed by atoms with Crippen molar-refractivity contribution in [3.05, 3.63) is 24.3 Å². The zero-order valence-corrected chi connectivity index (χ0v) is 13.2. The van der Waals surface area contributed by atoms with E-state index in [9.17, 15) is 4.79 Å². The van der Waals surface area contributed by atoms with Crippen LogP contribution in [-0.2, 0) is 22.5 Å². The van der Waals surface area contributed by atoms with Crippen LogP contribution in [0.5, 0.6) is 0 Å². The number of morpholine rings is 1. The van der Waals surface area contributed by atoms with Crippen molar-refractivity contribution < 1.29 is 9.53 Å². The van der Waals surface area contributed by atoms with Gasteiger partial charge >= 0.3 is 0 Å². The fraction of sp³-hybridized carbons (Fsp3) is 0.643. The summed E-state index contributed by atoms with van der Waals surface area (Å²) in [6.45, 7) is 4.33. The van der Waals surface area contributed by atoms with Crippen LogP contribution in [0.1, 0.15) is 37.5 Å². The van der Waals surface area contributed by atoms with Crippen LogP contribution in [0.15, 0.2) is 12.7 Å². The van der Waals surface area contributed by atoms with Gasteiger partial charge in [-0.2, -0.15) is 10.2 Å². The fourth-order valence-corrected chi connectivity index (χ4v) is 2.54. The molecule has 3 rings (SSSR count). The second-order valence-electron chi connectivity index (χ2n) is 5.46. The summed E-state index contributed by atoms with van der Waals surface area (Å²) in [6, 6.07) is 0. The molecule has 23 heavy (non-hydrogen) atoms. The van der Waals surface area contributed by atoms with Crippen molar-refractivity contribution in [2.24, 2.45) is 0 Å². The van der Waals surface area contributed by atoms with E-state index in [1.54, 1.807) is 11.0 Å². The van der Waals surface area contributed by atoms with Crippen molar-refractivity contribution in [1.82, 2.24) is 34.8 Å². The molecule has 1 aliphatic rings. The van der Waals surface area contributed by atoms with E-state index in [1.807, 2.05) is 11.8 Å². The van der Waals surface area contributed by atoms with Gasteiger partial charge in [0.2, 0.25) is 5.91 Å². The fourth-order valence-electron chi connectivity index (χ4n) is 2.54. The summed E-state index contributed by atoms with van der Waals surface area (Å²) in [7, 11) is 0.